The normalized spacial score (nSPS) is 10.8. The Hall–Kier alpha value is -3.76. The van der Waals surface area contributed by atoms with Crippen molar-refractivity contribution in [2.75, 3.05) is 0 Å². The molecule has 0 aliphatic heterocycles. The summed E-state index contributed by atoms with van der Waals surface area (Å²) in [5.74, 6) is -0.830. The molecule has 4 rings (SSSR count). The van der Waals surface area contributed by atoms with E-state index in [1.54, 1.807) is 24.5 Å². The topological polar surface area (TPSA) is 107 Å². The molecule has 0 atom stereocenters. The highest BCUT2D eigenvalue weighted by Crippen LogP contribution is 2.26. The average molecular weight is 568 g/mol. The molecular weight excluding hydrogens is 541 g/mol. The van der Waals surface area contributed by atoms with E-state index >= 15 is 0 Å². The van der Waals surface area contributed by atoms with Gasteiger partial charge in [-0.25, -0.2) is 9.97 Å². The minimum atomic E-state index is -0.610. The Kier molecular flexibility index (Phi) is 10.4. The van der Waals surface area contributed by atoms with Crippen LogP contribution in [-0.4, -0.2) is 31.9 Å². The maximum Gasteiger partial charge on any atom is 0.287 e. The van der Waals surface area contributed by atoms with Crippen LogP contribution in [0.25, 0.3) is 10.6 Å². The van der Waals surface area contributed by atoms with E-state index < -0.39 is 17.6 Å². The summed E-state index contributed by atoms with van der Waals surface area (Å²) in [7, 11) is 0. The van der Waals surface area contributed by atoms with Crippen molar-refractivity contribution in [1.29, 1.82) is 0 Å². The Morgan fingerprint density at radius 1 is 0.949 bits per heavy atom. The van der Waals surface area contributed by atoms with Gasteiger partial charge in [-0.1, -0.05) is 41.8 Å². The molecule has 39 heavy (non-hydrogen) atoms. The molecule has 0 aliphatic rings. The van der Waals surface area contributed by atoms with Crippen molar-refractivity contribution in [2.45, 2.75) is 51.7 Å². The summed E-state index contributed by atoms with van der Waals surface area (Å²) in [6.45, 7) is 0.516. The fourth-order valence-corrected chi connectivity index (χ4v) is 4.71. The Morgan fingerprint density at radius 2 is 1.77 bits per heavy atom. The second kappa shape index (κ2) is 14.4. The number of benzene rings is 1. The highest BCUT2D eigenvalue weighted by molar-refractivity contribution is 7.14. The van der Waals surface area contributed by atoms with Crippen molar-refractivity contribution in [3.63, 3.8) is 0 Å². The molecule has 4 aromatic rings. The zero-order valence-corrected chi connectivity index (χ0v) is 22.7. The summed E-state index contributed by atoms with van der Waals surface area (Å²) in [5, 5.41) is 12.7. The van der Waals surface area contributed by atoms with Crippen molar-refractivity contribution < 1.29 is 18.7 Å². The van der Waals surface area contributed by atoms with Gasteiger partial charge in [0.15, 0.2) is 0 Å². The van der Waals surface area contributed by atoms with Crippen molar-refractivity contribution in [3.05, 3.63) is 88.2 Å². The molecule has 1 amide bonds. The smallest absolute Gasteiger partial charge is 0.287 e. The average Bonchev–Trinajstić information content (AvgIpc) is 3.43. The molecule has 0 unspecified atom stereocenters. The standard InChI is InChI=1S/C28H27ClFN5O3S/c29-24-15-20(13-14-31-24)18-38-22-10-8-21(9-11-22)28-35-34-26(39-28)17-33-27(37)23(36)6-4-2-1-3-5-19-7-12-25(30)32-16-19/h7-16H,1-6,17-18H2,(H,33,37). The predicted octanol–water partition coefficient (Wildman–Crippen LogP) is 5.75. The summed E-state index contributed by atoms with van der Waals surface area (Å²) in [5.41, 5.74) is 2.78. The van der Waals surface area contributed by atoms with E-state index in [1.807, 2.05) is 30.3 Å². The predicted molar refractivity (Wildman–Crippen MR) is 147 cm³/mol. The molecule has 0 saturated carbocycles. The first kappa shape index (κ1) is 28.3. The fraction of sp³-hybridized carbons (Fsp3) is 0.286. The molecule has 1 N–H and O–H groups in total. The number of amides is 1. The third kappa shape index (κ3) is 9.19. The molecular formula is C28H27ClFN5O3S. The molecule has 11 heteroatoms. The molecule has 3 aromatic heterocycles. The molecule has 0 bridgehead atoms. The van der Waals surface area contributed by atoms with Crippen LogP contribution in [0.2, 0.25) is 5.15 Å². The van der Waals surface area contributed by atoms with Crippen LogP contribution < -0.4 is 10.1 Å². The number of carbonyl (C=O) groups is 2. The molecule has 202 valence electrons. The van der Waals surface area contributed by atoms with Gasteiger partial charge in [-0.15, -0.1) is 10.2 Å². The van der Waals surface area contributed by atoms with Gasteiger partial charge in [0.2, 0.25) is 11.7 Å². The lowest BCUT2D eigenvalue weighted by Crippen LogP contribution is -2.30. The Bertz CT molecular complexity index is 1380. The SMILES string of the molecule is O=C(CCCCCCc1ccc(F)nc1)C(=O)NCc1nnc(-c2ccc(OCc3ccnc(Cl)c3)cc2)s1. The van der Waals surface area contributed by atoms with E-state index in [4.69, 9.17) is 16.3 Å². The number of ether oxygens (including phenoxy) is 1. The van der Waals surface area contributed by atoms with Crippen LogP contribution in [0.1, 0.15) is 48.2 Å². The summed E-state index contributed by atoms with van der Waals surface area (Å²) in [6, 6.07) is 14.1. The Labute approximate surface area is 234 Å². The number of rotatable bonds is 14. The Balaban J connectivity index is 1.13. The molecule has 0 aliphatic carbocycles. The number of halogens is 2. The number of Topliss-reactive ketones (excluding diaryl/α,β-unsaturated/α-hetero) is 1. The van der Waals surface area contributed by atoms with Gasteiger partial charge < -0.3 is 10.1 Å². The summed E-state index contributed by atoms with van der Waals surface area (Å²) in [4.78, 5) is 31.9. The zero-order valence-electron chi connectivity index (χ0n) is 21.1. The van der Waals surface area contributed by atoms with E-state index in [-0.39, 0.29) is 13.0 Å². The molecule has 0 saturated heterocycles. The number of aromatic nitrogens is 4. The molecule has 1 aromatic carbocycles. The van der Waals surface area contributed by atoms with E-state index in [0.717, 1.165) is 42.4 Å². The second-order valence-corrected chi connectivity index (χ2v) is 10.3. The number of pyridine rings is 2. The first-order chi connectivity index (χ1) is 19.0. The number of carbonyl (C=O) groups excluding carboxylic acids is 2. The number of aryl methyl sites for hydroxylation is 1. The van der Waals surface area contributed by atoms with Gasteiger partial charge in [0.25, 0.3) is 5.91 Å². The maximum atomic E-state index is 12.8. The zero-order chi connectivity index (χ0) is 27.5. The van der Waals surface area contributed by atoms with E-state index in [2.05, 4.69) is 25.5 Å². The third-order valence-corrected chi connectivity index (χ3v) is 7.00. The van der Waals surface area contributed by atoms with Gasteiger partial charge in [-0.05, 0) is 72.9 Å². The lowest BCUT2D eigenvalue weighted by molar-refractivity contribution is -0.138. The number of nitrogens with zero attached hydrogens (tertiary/aromatic N) is 4. The first-order valence-electron chi connectivity index (χ1n) is 12.5. The number of ketones is 1. The quantitative estimate of drug-likeness (QED) is 0.117. The number of hydrogen-bond acceptors (Lipinski definition) is 8. The van der Waals surface area contributed by atoms with Crippen LogP contribution in [0.15, 0.2) is 60.9 Å². The lowest BCUT2D eigenvalue weighted by atomic mass is 10.1. The summed E-state index contributed by atoms with van der Waals surface area (Å²) >= 11 is 7.25. The van der Waals surface area contributed by atoms with Crippen LogP contribution in [-0.2, 0) is 29.2 Å². The van der Waals surface area contributed by atoms with E-state index in [9.17, 15) is 14.0 Å². The molecule has 3 heterocycles. The van der Waals surface area contributed by atoms with E-state index in [0.29, 0.717) is 33.9 Å². The minimum Gasteiger partial charge on any atom is -0.489 e. The highest BCUT2D eigenvalue weighted by Gasteiger charge is 2.14. The maximum absolute atomic E-state index is 12.8. The second-order valence-electron chi connectivity index (χ2n) is 8.81. The van der Waals surface area contributed by atoms with Gasteiger partial charge in [0.05, 0.1) is 6.54 Å². The molecule has 8 nitrogen and oxygen atoms in total. The van der Waals surface area contributed by atoms with Crippen LogP contribution in [0, 0.1) is 5.95 Å². The van der Waals surface area contributed by atoms with Crippen LogP contribution in [0.5, 0.6) is 5.75 Å². The largest absolute Gasteiger partial charge is 0.489 e. The third-order valence-electron chi connectivity index (χ3n) is 5.83. The summed E-state index contributed by atoms with van der Waals surface area (Å²) < 4.78 is 18.6. The summed E-state index contributed by atoms with van der Waals surface area (Å²) in [6.07, 6.45) is 7.52. The molecule has 0 spiro atoms. The Morgan fingerprint density at radius 3 is 2.54 bits per heavy atom. The van der Waals surface area contributed by atoms with E-state index in [1.165, 1.54) is 17.4 Å². The molecule has 0 radical (unpaired) electrons. The van der Waals surface area contributed by atoms with Gasteiger partial charge >= 0.3 is 0 Å². The monoisotopic (exact) mass is 567 g/mol. The van der Waals surface area contributed by atoms with Crippen LogP contribution in [0.3, 0.4) is 0 Å². The van der Waals surface area contributed by atoms with Crippen LogP contribution in [0.4, 0.5) is 4.39 Å². The number of hydrogen-bond donors (Lipinski definition) is 1. The van der Waals surface area contributed by atoms with Crippen molar-refractivity contribution in [1.82, 2.24) is 25.5 Å². The highest BCUT2D eigenvalue weighted by atomic mass is 35.5. The van der Waals surface area contributed by atoms with Gasteiger partial charge in [0.1, 0.15) is 27.5 Å². The minimum absolute atomic E-state index is 0.142. The van der Waals surface area contributed by atoms with Gasteiger partial charge in [-0.2, -0.15) is 4.39 Å². The fourth-order valence-electron chi connectivity index (χ4n) is 3.73. The first-order valence-corrected chi connectivity index (χ1v) is 13.7. The van der Waals surface area contributed by atoms with Crippen molar-refractivity contribution in [3.8, 4) is 16.3 Å². The van der Waals surface area contributed by atoms with Crippen molar-refractivity contribution in [2.24, 2.45) is 0 Å². The lowest BCUT2D eigenvalue weighted by Gasteiger charge is -2.06. The van der Waals surface area contributed by atoms with Crippen molar-refractivity contribution >= 4 is 34.6 Å². The number of nitrogens with one attached hydrogen (secondary N) is 1. The van der Waals surface area contributed by atoms with Gasteiger partial charge in [0, 0.05) is 24.4 Å². The van der Waals surface area contributed by atoms with Crippen LogP contribution >= 0.6 is 22.9 Å². The number of unbranched alkanes of at least 4 members (excludes halogenated alkanes) is 3. The van der Waals surface area contributed by atoms with Gasteiger partial charge in [-0.3, -0.25) is 9.59 Å². The molecule has 0 fully saturated rings.